The van der Waals surface area contributed by atoms with Gasteiger partial charge in [-0.05, 0) is 68.9 Å². The predicted octanol–water partition coefficient (Wildman–Crippen LogP) is 5.06. The molecule has 0 radical (unpaired) electrons. The van der Waals surface area contributed by atoms with Gasteiger partial charge in [-0.3, -0.25) is 9.59 Å². The normalized spacial score (nSPS) is 15.9. The molecule has 1 N–H and O–H groups in total. The third-order valence-electron chi connectivity index (χ3n) is 5.15. The van der Waals surface area contributed by atoms with Crippen molar-refractivity contribution in [1.82, 2.24) is 9.97 Å². The summed E-state index contributed by atoms with van der Waals surface area (Å²) in [6.45, 7) is 5.73. The van der Waals surface area contributed by atoms with Crippen molar-refractivity contribution in [1.29, 1.82) is 0 Å². The van der Waals surface area contributed by atoms with Gasteiger partial charge in [0.15, 0.2) is 5.78 Å². The van der Waals surface area contributed by atoms with Crippen LogP contribution in [0.4, 0.5) is 5.69 Å². The van der Waals surface area contributed by atoms with Crippen LogP contribution < -0.4 is 5.32 Å². The number of thioether (sulfide) groups is 1. The first-order valence-corrected chi connectivity index (χ1v) is 11.5. The largest absolute Gasteiger partial charge is 0.325 e. The van der Waals surface area contributed by atoms with Gasteiger partial charge in [-0.2, -0.15) is 0 Å². The van der Waals surface area contributed by atoms with Gasteiger partial charge in [0, 0.05) is 21.5 Å². The summed E-state index contributed by atoms with van der Waals surface area (Å²) in [6.07, 6.45) is 3.36. The maximum absolute atomic E-state index is 12.5. The van der Waals surface area contributed by atoms with Crippen LogP contribution >= 0.6 is 23.1 Å². The van der Waals surface area contributed by atoms with E-state index < -0.39 is 0 Å². The average Bonchev–Trinajstić information content (AvgIpc) is 3.03. The van der Waals surface area contributed by atoms with Crippen molar-refractivity contribution in [3.8, 4) is 0 Å². The fourth-order valence-corrected chi connectivity index (χ4v) is 6.03. The molecule has 29 heavy (non-hydrogen) atoms. The Morgan fingerprint density at radius 3 is 2.72 bits per heavy atom. The lowest BCUT2D eigenvalue weighted by Gasteiger charge is -2.18. The highest BCUT2D eigenvalue weighted by atomic mass is 32.2. The second-order valence-electron chi connectivity index (χ2n) is 7.58. The van der Waals surface area contributed by atoms with Gasteiger partial charge in [0.1, 0.15) is 15.7 Å². The molecular weight excluding hydrogens is 402 g/mol. The summed E-state index contributed by atoms with van der Waals surface area (Å²) >= 11 is 3.25. The Kier molecular flexibility index (Phi) is 5.69. The summed E-state index contributed by atoms with van der Waals surface area (Å²) < 4.78 is 0. The van der Waals surface area contributed by atoms with Gasteiger partial charge >= 0.3 is 0 Å². The Labute approximate surface area is 178 Å². The number of nitrogens with zero attached hydrogens (tertiary/aromatic N) is 2. The number of carbonyl (C=O) groups is 2. The van der Waals surface area contributed by atoms with Crippen LogP contribution in [0.3, 0.4) is 0 Å². The predicted molar refractivity (Wildman–Crippen MR) is 119 cm³/mol. The molecule has 7 heteroatoms. The Morgan fingerprint density at radius 1 is 1.24 bits per heavy atom. The molecule has 0 unspecified atom stereocenters. The minimum absolute atomic E-state index is 0.00932. The molecule has 0 fully saturated rings. The van der Waals surface area contributed by atoms with Crippen molar-refractivity contribution in [3.63, 3.8) is 0 Å². The van der Waals surface area contributed by atoms with Crippen molar-refractivity contribution in [2.45, 2.75) is 45.1 Å². The first-order valence-electron chi connectivity index (χ1n) is 9.73. The molecule has 2 heterocycles. The zero-order valence-corrected chi connectivity index (χ0v) is 18.4. The quantitative estimate of drug-likeness (QED) is 0.351. The van der Waals surface area contributed by atoms with Crippen LogP contribution in [-0.2, 0) is 17.6 Å². The van der Waals surface area contributed by atoms with E-state index in [0.29, 0.717) is 17.2 Å². The number of anilines is 1. The SMILES string of the molecule is CC(=O)c1ccc(NC(=O)CSc2nc(C)nc3sc4c(c23)CC[C@H](C)C4)cc1. The lowest BCUT2D eigenvalue weighted by atomic mass is 9.89. The maximum atomic E-state index is 12.5. The number of thiophene rings is 1. The fraction of sp³-hybridized carbons (Fsp3) is 0.364. The zero-order chi connectivity index (χ0) is 20.5. The highest BCUT2D eigenvalue weighted by Crippen LogP contribution is 2.40. The molecule has 0 saturated heterocycles. The number of fused-ring (bicyclic) bond motifs is 3. The van der Waals surface area contributed by atoms with Crippen LogP contribution in [0.1, 0.15) is 46.9 Å². The summed E-state index contributed by atoms with van der Waals surface area (Å²) in [4.78, 5) is 35.6. The van der Waals surface area contributed by atoms with Gasteiger partial charge in [0.25, 0.3) is 0 Å². The topological polar surface area (TPSA) is 72.0 Å². The Balaban J connectivity index is 1.50. The number of ketones is 1. The molecule has 5 nitrogen and oxygen atoms in total. The minimum Gasteiger partial charge on any atom is -0.325 e. The molecule has 3 aromatic rings. The van der Waals surface area contributed by atoms with Crippen molar-refractivity contribution in [2.75, 3.05) is 11.1 Å². The van der Waals surface area contributed by atoms with Crippen LogP contribution in [0.25, 0.3) is 10.2 Å². The van der Waals surface area contributed by atoms with E-state index in [1.165, 1.54) is 35.5 Å². The molecule has 2 aromatic heterocycles. The van der Waals surface area contributed by atoms with Crippen molar-refractivity contribution < 1.29 is 9.59 Å². The molecule has 1 amide bonds. The van der Waals surface area contributed by atoms with E-state index in [2.05, 4.69) is 22.2 Å². The monoisotopic (exact) mass is 425 g/mol. The van der Waals surface area contributed by atoms with E-state index in [-0.39, 0.29) is 17.4 Å². The molecule has 0 aliphatic heterocycles. The van der Waals surface area contributed by atoms with Crippen LogP contribution in [0.5, 0.6) is 0 Å². The second-order valence-corrected chi connectivity index (χ2v) is 9.63. The number of aromatic nitrogens is 2. The van der Waals surface area contributed by atoms with Gasteiger partial charge in [-0.1, -0.05) is 18.7 Å². The van der Waals surface area contributed by atoms with Crippen molar-refractivity contribution >= 4 is 50.7 Å². The number of nitrogens with one attached hydrogen (secondary N) is 1. The molecule has 1 aromatic carbocycles. The van der Waals surface area contributed by atoms with Gasteiger partial charge in [0.05, 0.1) is 5.75 Å². The molecule has 0 bridgehead atoms. The summed E-state index contributed by atoms with van der Waals surface area (Å²) in [6, 6.07) is 6.95. The molecule has 1 atom stereocenters. The molecule has 1 aliphatic carbocycles. The highest BCUT2D eigenvalue weighted by molar-refractivity contribution is 8.00. The highest BCUT2D eigenvalue weighted by Gasteiger charge is 2.24. The van der Waals surface area contributed by atoms with Gasteiger partial charge in [-0.15, -0.1) is 11.3 Å². The van der Waals surface area contributed by atoms with Crippen molar-refractivity contribution in [2.24, 2.45) is 5.92 Å². The lowest BCUT2D eigenvalue weighted by Crippen LogP contribution is -2.14. The first-order chi connectivity index (χ1) is 13.9. The summed E-state index contributed by atoms with van der Waals surface area (Å²) in [5.74, 6) is 1.65. The van der Waals surface area contributed by atoms with E-state index in [1.807, 2.05) is 6.92 Å². The third-order valence-corrected chi connectivity index (χ3v) is 7.27. The van der Waals surface area contributed by atoms with Gasteiger partial charge in [0.2, 0.25) is 5.91 Å². The fourth-order valence-electron chi connectivity index (χ4n) is 3.63. The van der Waals surface area contributed by atoms with Gasteiger partial charge < -0.3 is 5.32 Å². The third kappa shape index (κ3) is 4.36. The molecule has 1 aliphatic rings. The van der Waals surface area contributed by atoms with Crippen LogP contribution in [0.15, 0.2) is 29.3 Å². The van der Waals surface area contributed by atoms with Crippen LogP contribution in [0, 0.1) is 12.8 Å². The number of rotatable bonds is 5. The molecular formula is C22H23N3O2S2. The van der Waals surface area contributed by atoms with E-state index in [9.17, 15) is 9.59 Å². The number of carbonyl (C=O) groups excluding carboxylic acids is 2. The smallest absolute Gasteiger partial charge is 0.234 e. The van der Waals surface area contributed by atoms with E-state index in [4.69, 9.17) is 0 Å². The first kappa shape index (κ1) is 20.0. The molecule has 150 valence electrons. The van der Waals surface area contributed by atoms with Crippen LogP contribution in [-0.4, -0.2) is 27.4 Å². The summed E-state index contributed by atoms with van der Waals surface area (Å²) in [5.41, 5.74) is 2.70. The van der Waals surface area contributed by atoms with E-state index in [1.54, 1.807) is 35.6 Å². The molecule has 0 saturated carbocycles. The number of amides is 1. The summed E-state index contributed by atoms with van der Waals surface area (Å²) in [5, 5.41) is 4.94. The average molecular weight is 426 g/mol. The summed E-state index contributed by atoms with van der Waals surface area (Å²) in [7, 11) is 0. The van der Waals surface area contributed by atoms with Gasteiger partial charge in [-0.25, -0.2) is 9.97 Å². The maximum Gasteiger partial charge on any atom is 0.234 e. The zero-order valence-electron chi connectivity index (χ0n) is 16.7. The van der Waals surface area contributed by atoms with Crippen LogP contribution in [0.2, 0.25) is 0 Å². The molecule has 4 rings (SSSR count). The Bertz CT molecular complexity index is 1090. The van der Waals surface area contributed by atoms with E-state index >= 15 is 0 Å². The second kappa shape index (κ2) is 8.24. The van der Waals surface area contributed by atoms with E-state index in [0.717, 1.165) is 33.9 Å². The Morgan fingerprint density at radius 2 is 2.00 bits per heavy atom. The Hall–Kier alpha value is -2.25. The number of aryl methyl sites for hydroxylation is 2. The number of hydrogen-bond acceptors (Lipinski definition) is 6. The standard InChI is InChI=1S/C22H23N3O2S2/c1-12-4-9-17-18(10-12)29-22-20(17)21(23-14(3)24-22)28-11-19(27)25-16-7-5-15(6-8-16)13(2)26/h5-8,12H,4,9-11H2,1-3H3,(H,25,27)/t12-/m0/s1. The lowest BCUT2D eigenvalue weighted by molar-refractivity contribution is -0.113. The number of Topliss-reactive ketones (excluding diaryl/α,β-unsaturated/α-hetero) is 1. The number of hydrogen-bond donors (Lipinski definition) is 1. The minimum atomic E-state index is -0.0901. The van der Waals surface area contributed by atoms with Crippen molar-refractivity contribution in [3.05, 3.63) is 46.1 Å². The molecule has 0 spiro atoms. The number of benzene rings is 1.